The molecular formula is C18H18ClN5O2. The molecule has 0 atom stereocenters. The summed E-state index contributed by atoms with van der Waals surface area (Å²) in [6.45, 7) is 0.821. The third-order valence-corrected chi connectivity index (χ3v) is 3.91. The van der Waals surface area contributed by atoms with Gasteiger partial charge in [0.2, 0.25) is 11.7 Å². The first-order valence-electron chi connectivity index (χ1n) is 8.07. The first-order chi connectivity index (χ1) is 12.6. The van der Waals surface area contributed by atoms with Crippen LogP contribution in [0.25, 0.3) is 11.4 Å². The second-order valence-corrected chi connectivity index (χ2v) is 6.07. The number of rotatable bonds is 7. The molecule has 7 nitrogen and oxygen atoms in total. The number of halogens is 1. The van der Waals surface area contributed by atoms with Crippen LogP contribution in [0.2, 0.25) is 5.02 Å². The number of hydrogen-bond donors (Lipinski definition) is 0. The Kier molecular flexibility index (Phi) is 5.80. The zero-order valence-electron chi connectivity index (χ0n) is 14.2. The van der Waals surface area contributed by atoms with Gasteiger partial charge in [-0.25, -0.2) is 0 Å². The fourth-order valence-corrected chi connectivity index (χ4v) is 2.42. The van der Waals surface area contributed by atoms with Crippen molar-refractivity contribution >= 4 is 17.5 Å². The van der Waals surface area contributed by atoms with Gasteiger partial charge in [0.25, 0.3) is 0 Å². The van der Waals surface area contributed by atoms with Gasteiger partial charge in [0.05, 0.1) is 6.54 Å². The van der Waals surface area contributed by atoms with Gasteiger partial charge in [-0.1, -0.05) is 48.0 Å². The number of aromatic nitrogens is 4. The molecule has 134 valence electrons. The predicted octanol–water partition coefficient (Wildman–Crippen LogP) is 2.53. The molecule has 0 saturated carbocycles. The van der Waals surface area contributed by atoms with Gasteiger partial charge in [-0.15, -0.1) is 10.2 Å². The fraction of sp³-hybridized carbons (Fsp3) is 0.222. The van der Waals surface area contributed by atoms with Gasteiger partial charge in [0, 0.05) is 17.6 Å². The molecule has 3 rings (SSSR count). The van der Waals surface area contributed by atoms with Gasteiger partial charge < -0.3 is 9.64 Å². The van der Waals surface area contributed by atoms with E-state index >= 15 is 0 Å². The second-order valence-electron chi connectivity index (χ2n) is 5.63. The monoisotopic (exact) mass is 371 g/mol. The zero-order valence-corrected chi connectivity index (χ0v) is 15.0. The summed E-state index contributed by atoms with van der Waals surface area (Å²) in [4.78, 5) is 15.1. The summed E-state index contributed by atoms with van der Waals surface area (Å²) in [5.74, 6) is 1.03. The summed E-state index contributed by atoms with van der Waals surface area (Å²) in [6, 6.07) is 16.6. The third-order valence-electron chi connectivity index (χ3n) is 3.68. The van der Waals surface area contributed by atoms with E-state index < -0.39 is 0 Å². The van der Waals surface area contributed by atoms with Crippen LogP contribution in [0.3, 0.4) is 0 Å². The highest BCUT2D eigenvalue weighted by Gasteiger charge is 2.13. The van der Waals surface area contributed by atoms with Gasteiger partial charge in [0.15, 0.2) is 0 Å². The number of amides is 1. The molecule has 0 fully saturated rings. The van der Waals surface area contributed by atoms with Gasteiger partial charge in [0.1, 0.15) is 18.9 Å². The maximum Gasteiger partial charge on any atom is 0.246 e. The third kappa shape index (κ3) is 4.80. The van der Waals surface area contributed by atoms with Crippen LogP contribution in [0.4, 0.5) is 0 Å². The van der Waals surface area contributed by atoms with Crippen molar-refractivity contribution in [2.75, 3.05) is 20.2 Å². The Bertz CT molecular complexity index is 869. The Labute approximate surface area is 156 Å². The summed E-state index contributed by atoms with van der Waals surface area (Å²) >= 11 is 5.91. The Morgan fingerprint density at radius 2 is 2.00 bits per heavy atom. The number of likely N-dealkylation sites (N-methyl/N-ethyl adjacent to an activating group) is 1. The molecule has 3 aromatic rings. The lowest BCUT2D eigenvalue weighted by atomic mass is 10.2. The van der Waals surface area contributed by atoms with Crippen LogP contribution in [-0.2, 0) is 11.3 Å². The van der Waals surface area contributed by atoms with Crippen molar-refractivity contribution in [1.29, 1.82) is 0 Å². The molecular weight excluding hydrogens is 354 g/mol. The van der Waals surface area contributed by atoms with Gasteiger partial charge in [-0.3, -0.25) is 4.79 Å². The molecule has 2 aromatic carbocycles. The highest BCUT2D eigenvalue weighted by Crippen LogP contribution is 2.17. The van der Waals surface area contributed by atoms with Crippen LogP contribution < -0.4 is 4.74 Å². The lowest BCUT2D eigenvalue weighted by molar-refractivity contribution is -0.131. The first-order valence-corrected chi connectivity index (χ1v) is 8.45. The number of nitrogens with zero attached hydrogens (tertiary/aromatic N) is 5. The van der Waals surface area contributed by atoms with E-state index in [1.165, 1.54) is 4.80 Å². The van der Waals surface area contributed by atoms with Crippen LogP contribution in [-0.4, -0.2) is 51.2 Å². The number of carbonyl (C=O) groups excluding carboxylic acids is 1. The maximum atomic E-state index is 12.3. The van der Waals surface area contributed by atoms with Gasteiger partial charge in [-0.2, -0.15) is 4.80 Å². The number of carbonyl (C=O) groups is 1. The summed E-state index contributed by atoms with van der Waals surface area (Å²) in [7, 11) is 1.71. The molecule has 0 aliphatic carbocycles. The van der Waals surface area contributed by atoms with E-state index in [0.29, 0.717) is 29.7 Å². The van der Waals surface area contributed by atoms with Crippen molar-refractivity contribution in [3.63, 3.8) is 0 Å². The summed E-state index contributed by atoms with van der Waals surface area (Å²) < 4.78 is 5.59. The number of hydrogen-bond acceptors (Lipinski definition) is 5. The van der Waals surface area contributed by atoms with E-state index in [1.807, 2.05) is 42.5 Å². The Balaban J connectivity index is 1.49. The van der Waals surface area contributed by atoms with E-state index in [2.05, 4.69) is 15.4 Å². The molecule has 0 unspecified atom stereocenters. The maximum absolute atomic E-state index is 12.3. The largest absolute Gasteiger partial charge is 0.492 e. The van der Waals surface area contributed by atoms with Crippen molar-refractivity contribution < 1.29 is 9.53 Å². The first kappa shape index (κ1) is 17.9. The van der Waals surface area contributed by atoms with Crippen molar-refractivity contribution in [1.82, 2.24) is 25.1 Å². The number of tetrazole rings is 1. The molecule has 1 heterocycles. The Hall–Kier alpha value is -2.93. The van der Waals surface area contributed by atoms with Crippen molar-refractivity contribution in [3.8, 4) is 17.1 Å². The smallest absolute Gasteiger partial charge is 0.246 e. The predicted molar refractivity (Wildman–Crippen MR) is 97.8 cm³/mol. The quantitative estimate of drug-likeness (QED) is 0.638. The molecule has 26 heavy (non-hydrogen) atoms. The molecule has 0 bridgehead atoms. The van der Waals surface area contributed by atoms with E-state index in [9.17, 15) is 4.79 Å². The highest BCUT2D eigenvalue weighted by molar-refractivity contribution is 6.30. The van der Waals surface area contributed by atoms with Gasteiger partial charge in [-0.05, 0) is 23.4 Å². The minimum Gasteiger partial charge on any atom is -0.492 e. The van der Waals surface area contributed by atoms with Crippen LogP contribution in [0.5, 0.6) is 5.75 Å². The molecule has 0 saturated heterocycles. The fourth-order valence-electron chi connectivity index (χ4n) is 2.24. The summed E-state index contributed by atoms with van der Waals surface area (Å²) in [5.41, 5.74) is 0.856. The molecule has 8 heteroatoms. The molecule has 0 radical (unpaired) electrons. The standard InChI is InChI=1S/C18H18ClN5O2/c1-23(10-11-26-16-9-5-8-15(19)12-16)17(25)13-24-21-18(20-22-24)14-6-3-2-4-7-14/h2-9,12H,10-11,13H2,1H3. The second kappa shape index (κ2) is 8.44. The Morgan fingerprint density at radius 1 is 1.19 bits per heavy atom. The zero-order chi connectivity index (χ0) is 18.4. The minimum atomic E-state index is -0.128. The minimum absolute atomic E-state index is 0.0213. The molecule has 0 N–H and O–H groups in total. The summed E-state index contributed by atoms with van der Waals surface area (Å²) in [5, 5.41) is 12.8. The molecule has 0 aliphatic heterocycles. The molecule has 0 spiro atoms. The van der Waals surface area contributed by atoms with E-state index in [0.717, 1.165) is 5.56 Å². The van der Waals surface area contributed by atoms with E-state index in [4.69, 9.17) is 16.3 Å². The van der Waals surface area contributed by atoms with Crippen molar-refractivity contribution in [2.24, 2.45) is 0 Å². The van der Waals surface area contributed by atoms with Crippen LogP contribution in [0, 0.1) is 0 Å². The molecule has 1 amide bonds. The van der Waals surface area contributed by atoms with E-state index in [1.54, 1.807) is 24.1 Å². The van der Waals surface area contributed by atoms with Gasteiger partial charge >= 0.3 is 0 Å². The average molecular weight is 372 g/mol. The average Bonchev–Trinajstić information content (AvgIpc) is 3.11. The van der Waals surface area contributed by atoms with Crippen molar-refractivity contribution in [3.05, 3.63) is 59.6 Å². The summed E-state index contributed by atoms with van der Waals surface area (Å²) in [6.07, 6.45) is 0. The SMILES string of the molecule is CN(CCOc1cccc(Cl)c1)C(=O)Cn1nnc(-c2ccccc2)n1. The lowest BCUT2D eigenvalue weighted by Crippen LogP contribution is -2.34. The number of benzene rings is 2. The topological polar surface area (TPSA) is 73.1 Å². The van der Waals surface area contributed by atoms with Crippen molar-refractivity contribution in [2.45, 2.75) is 6.54 Å². The van der Waals surface area contributed by atoms with Crippen LogP contribution in [0.1, 0.15) is 0 Å². The highest BCUT2D eigenvalue weighted by atomic mass is 35.5. The normalized spacial score (nSPS) is 10.5. The Morgan fingerprint density at radius 3 is 2.77 bits per heavy atom. The lowest BCUT2D eigenvalue weighted by Gasteiger charge is -2.17. The van der Waals surface area contributed by atoms with E-state index in [-0.39, 0.29) is 12.5 Å². The van der Waals surface area contributed by atoms with Crippen LogP contribution in [0.15, 0.2) is 54.6 Å². The number of ether oxygens (including phenoxy) is 1. The molecule has 1 aromatic heterocycles. The molecule has 0 aliphatic rings. The van der Waals surface area contributed by atoms with Crippen LogP contribution >= 0.6 is 11.6 Å².